The van der Waals surface area contributed by atoms with Gasteiger partial charge in [0.05, 0.1) is 6.54 Å². The molecule has 0 saturated carbocycles. The van der Waals surface area contributed by atoms with E-state index in [1.54, 1.807) is 6.07 Å². The Kier molecular flexibility index (Phi) is 4.00. The van der Waals surface area contributed by atoms with Crippen molar-refractivity contribution in [3.05, 3.63) is 30.1 Å². The van der Waals surface area contributed by atoms with Gasteiger partial charge in [0.2, 0.25) is 0 Å². The first kappa shape index (κ1) is 11.9. The number of piperidine rings is 1. The molecule has 2 nitrogen and oxygen atoms in total. The molecule has 90 valence electrons. The van der Waals surface area contributed by atoms with E-state index in [9.17, 15) is 4.39 Å². The van der Waals surface area contributed by atoms with Crippen LogP contribution in [0.15, 0.2) is 24.3 Å². The third-order valence-electron chi connectivity index (χ3n) is 3.10. The quantitative estimate of drug-likeness (QED) is 0.805. The van der Waals surface area contributed by atoms with Crippen molar-refractivity contribution in [2.75, 3.05) is 25.0 Å². The van der Waals surface area contributed by atoms with Gasteiger partial charge < -0.3 is 5.32 Å². The van der Waals surface area contributed by atoms with E-state index in [1.165, 1.54) is 12.1 Å². The molecule has 0 spiro atoms. The number of rotatable bonds is 3. The third-order valence-corrected chi connectivity index (χ3v) is 3.10. The Morgan fingerprint density at radius 3 is 2.82 bits per heavy atom. The third kappa shape index (κ3) is 3.47. The van der Waals surface area contributed by atoms with Gasteiger partial charge in [-0.1, -0.05) is 12.0 Å². The summed E-state index contributed by atoms with van der Waals surface area (Å²) in [7, 11) is 0. The van der Waals surface area contributed by atoms with Crippen LogP contribution in [0.2, 0.25) is 0 Å². The van der Waals surface area contributed by atoms with Crippen LogP contribution in [0.1, 0.15) is 12.8 Å². The Balaban J connectivity index is 1.84. The van der Waals surface area contributed by atoms with Crippen LogP contribution in [0.25, 0.3) is 0 Å². The van der Waals surface area contributed by atoms with E-state index in [1.807, 2.05) is 6.07 Å². The van der Waals surface area contributed by atoms with Gasteiger partial charge >= 0.3 is 0 Å². The Bertz CT molecular complexity index is 403. The van der Waals surface area contributed by atoms with Crippen molar-refractivity contribution in [3.8, 4) is 12.3 Å². The van der Waals surface area contributed by atoms with Gasteiger partial charge in [-0.2, -0.15) is 0 Å². The maximum Gasteiger partial charge on any atom is 0.125 e. The molecule has 0 aliphatic carbocycles. The van der Waals surface area contributed by atoms with Crippen molar-refractivity contribution in [2.24, 2.45) is 0 Å². The highest BCUT2D eigenvalue weighted by molar-refractivity contribution is 5.44. The molecule has 1 aliphatic rings. The van der Waals surface area contributed by atoms with E-state index in [4.69, 9.17) is 6.42 Å². The number of anilines is 1. The largest absolute Gasteiger partial charge is 0.382 e. The van der Waals surface area contributed by atoms with Gasteiger partial charge in [0.25, 0.3) is 0 Å². The number of terminal acetylenes is 1. The fourth-order valence-corrected chi connectivity index (χ4v) is 2.18. The second kappa shape index (κ2) is 5.70. The lowest BCUT2D eigenvalue weighted by Gasteiger charge is -2.31. The van der Waals surface area contributed by atoms with Crippen molar-refractivity contribution in [2.45, 2.75) is 18.9 Å². The van der Waals surface area contributed by atoms with E-state index in [2.05, 4.69) is 16.1 Å². The minimum absolute atomic E-state index is 0.195. The van der Waals surface area contributed by atoms with Crippen molar-refractivity contribution < 1.29 is 4.39 Å². The topological polar surface area (TPSA) is 15.3 Å². The van der Waals surface area contributed by atoms with E-state index < -0.39 is 0 Å². The number of likely N-dealkylation sites (tertiary alicyclic amines) is 1. The van der Waals surface area contributed by atoms with Crippen LogP contribution in [0.3, 0.4) is 0 Å². The second-order valence-corrected chi connectivity index (χ2v) is 4.41. The summed E-state index contributed by atoms with van der Waals surface area (Å²) in [5.41, 5.74) is 0.861. The molecule has 1 fully saturated rings. The Morgan fingerprint density at radius 2 is 2.18 bits per heavy atom. The molecule has 0 atom stereocenters. The van der Waals surface area contributed by atoms with Crippen LogP contribution in [-0.4, -0.2) is 30.6 Å². The van der Waals surface area contributed by atoms with E-state index >= 15 is 0 Å². The summed E-state index contributed by atoms with van der Waals surface area (Å²) in [4.78, 5) is 2.27. The lowest BCUT2D eigenvalue weighted by Crippen LogP contribution is -2.39. The Morgan fingerprint density at radius 1 is 1.41 bits per heavy atom. The van der Waals surface area contributed by atoms with Gasteiger partial charge in [-0.15, -0.1) is 6.42 Å². The zero-order chi connectivity index (χ0) is 12.1. The minimum atomic E-state index is -0.195. The molecule has 1 aliphatic heterocycles. The van der Waals surface area contributed by atoms with Gasteiger partial charge in [0.1, 0.15) is 5.82 Å². The molecule has 1 aromatic carbocycles. The Hall–Kier alpha value is -1.53. The smallest absolute Gasteiger partial charge is 0.125 e. The molecule has 17 heavy (non-hydrogen) atoms. The number of hydrogen-bond donors (Lipinski definition) is 1. The van der Waals surface area contributed by atoms with Gasteiger partial charge in [-0.05, 0) is 31.0 Å². The number of nitrogens with one attached hydrogen (secondary N) is 1. The van der Waals surface area contributed by atoms with E-state index in [0.29, 0.717) is 6.04 Å². The van der Waals surface area contributed by atoms with Crippen LogP contribution in [0.4, 0.5) is 10.1 Å². The molecule has 1 saturated heterocycles. The highest BCUT2D eigenvalue weighted by Gasteiger charge is 2.18. The van der Waals surface area contributed by atoms with Gasteiger partial charge in [-0.25, -0.2) is 4.39 Å². The number of hydrogen-bond acceptors (Lipinski definition) is 2. The first-order chi connectivity index (χ1) is 8.28. The van der Waals surface area contributed by atoms with Gasteiger partial charge in [-0.3, -0.25) is 4.90 Å². The molecule has 1 aromatic rings. The van der Waals surface area contributed by atoms with Crippen molar-refractivity contribution in [1.82, 2.24) is 4.90 Å². The zero-order valence-electron chi connectivity index (χ0n) is 9.82. The zero-order valence-corrected chi connectivity index (χ0v) is 9.82. The molecular formula is C14H17FN2. The fourth-order valence-electron chi connectivity index (χ4n) is 2.18. The molecule has 1 N–H and O–H groups in total. The first-order valence-corrected chi connectivity index (χ1v) is 5.96. The van der Waals surface area contributed by atoms with Gasteiger partial charge in [0.15, 0.2) is 0 Å². The van der Waals surface area contributed by atoms with Crippen LogP contribution < -0.4 is 5.32 Å². The highest BCUT2D eigenvalue weighted by atomic mass is 19.1. The molecule has 0 aromatic heterocycles. The summed E-state index contributed by atoms with van der Waals surface area (Å²) in [5, 5.41) is 3.37. The molecule has 0 unspecified atom stereocenters. The lowest BCUT2D eigenvalue weighted by molar-refractivity contribution is 0.243. The fraction of sp³-hybridized carbons (Fsp3) is 0.429. The highest BCUT2D eigenvalue weighted by Crippen LogP contribution is 2.17. The molecule has 0 amide bonds. The Labute approximate surface area is 102 Å². The predicted molar refractivity (Wildman–Crippen MR) is 68.3 cm³/mol. The monoisotopic (exact) mass is 232 g/mol. The number of halogens is 1. The van der Waals surface area contributed by atoms with E-state index in [0.717, 1.165) is 38.2 Å². The molecule has 0 radical (unpaired) electrons. The van der Waals surface area contributed by atoms with Crippen LogP contribution in [0, 0.1) is 18.2 Å². The number of benzene rings is 1. The van der Waals surface area contributed by atoms with Crippen LogP contribution >= 0.6 is 0 Å². The SMILES string of the molecule is C#CCN1CCC(Nc2cccc(F)c2)CC1. The summed E-state index contributed by atoms with van der Waals surface area (Å²) in [6.45, 7) is 2.75. The van der Waals surface area contributed by atoms with Crippen LogP contribution in [0.5, 0.6) is 0 Å². The maximum atomic E-state index is 13.0. The molecule has 3 heteroatoms. The van der Waals surface area contributed by atoms with Crippen molar-refractivity contribution >= 4 is 5.69 Å². The number of nitrogens with zero attached hydrogens (tertiary/aromatic N) is 1. The standard InChI is InChI=1S/C14H17FN2/c1-2-8-17-9-6-13(7-10-17)16-14-5-3-4-12(15)11-14/h1,3-5,11,13,16H,6-10H2. The maximum absolute atomic E-state index is 13.0. The lowest BCUT2D eigenvalue weighted by atomic mass is 10.0. The second-order valence-electron chi connectivity index (χ2n) is 4.41. The predicted octanol–water partition coefficient (Wildman–Crippen LogP) is 2.34. The van der Waals surface area contributed by atoms with Crippen LogP contribution in [-0.2, 0) is 0 Å². The summed E-state index contributed by atoms with van der Waals surface area (Å²) < 4.78 is 13.0. The van der Waals surface area contributed by atoms with E-state index in [-0.39, 0.29) is 5.82 Å². The molecule has 1 heterocycles. The van der Waals surface area contributed by atoms with Crippen molar-refractivity contribution in [3.63, 3.8) is 0 Å². The molecular weight excluding hydrogens is 215 g/mol. The van der Waals surface area contributed by atoms with Crippen molar-refractivity contribution in [1.29, 1.82) is 0 Å². The summed E-state index contributed by atoms with van der Waals surface area (Å²) in [5.74, 6) is 2.47. The molecule has 2 rings (SSSR count). The molecule has 0 bridgehead atoms. The average Bonchev–Trinajstić information content (AvgIpc) is 2.32. The summed E-state index contributed by atoms with van der Waals surface area (Å²) in [6.07, 6.45) is 7.39. The minimum Gasteiger partial charge on any atom is -0.382 e. The summed E-state index contributed by atoms with van der Waals surface area (Å²) >= 11 is 0. The van der Waals surface area contributed by atoms with Gasteiger partial charge in [0, 0.05) is 24.8 Å². The normalized spacial score (nSPS) is 17.6. The first-order valence-electron chi connectivity index (χ1n) is 5.96. The average molecular weight is 232 g/mol. The summed E-state index contributed by atoms with van der Waals surface area (Å²) in [6, 6.07) is 7.04.